The van der Waals surface area contributed by atoms with Gasteiger partial charge in [-0.2, -0.15) is 4.99 Å². The largest absolute Gasteiger partial charge is 0.490 e. The number of hydrogen-bond donors (Lipinski definition) is 1. The molecule has 0 aliphatic rings. The number of nitrogens with two attached hydrogens (primary N) is 1. The molecule has 3 aromatic rings. The zero-order valence-corrected chi connectivity index (χ0v) is 18.6. The number of terminal acetylenes is 1. The highest BCUT2D eigenvalue weighted by Gasteiger charge is 2.15. The summed E-state index contributed by atoms with van der Waals surface area (Å²) >= 11 is 1.15. The molecule has 0 radical (unpaired) electrons. The fourth-order valence-electron chi connectivity index (χ4n) is 2.90. The van der Waals surface area contributed by atoms with E-state index in [1.165, 1.54) is 12.1 Å². The van der Waals surface area contributed by atoms with Gasteiger partial charge in [0.1, 0.15) is 0 Å². The number of thiazole rings is 1. The lowest BCUT2D eigenvalue weighted by Gasteiger charge is -2.11. The Bertz CT molecular complexity index is 1350. The normalized spacial score (nSPS) is 12.0. The quantitative estimate of drug-likeness (QED) is 0.546. The third-order valence-electron chi connectivity index (χ3n) is 4.22. The summed E-state index contributed by atoms with van der Waals surface area (Å²) < 4.78 is 36.7. The van der Waals surface area contributed by atoms with Gasteiger partial charge in [-0.15, -0.1) is 6.42 Å². The van der Waals surface area contributed by atoms with Crippen LogP contribution < -0.4 is 19.4 Å². The Kier molecular flexibility index (Phi) is 6.80. The van der Waals surface area contributed by atoms with Crippen LogP contribution in [-0.4, -0.2) is 32.1 Å². The van der Waals surface area contributed by atoms with Crippen LogP contribution in [0, 0.1) is 12.3 Å². The molecular weight excluding hydrogens is 438 g/mol. The predicted molar refractivity (Wildman–Crippen MR) is 119 cm³/mol. The van der Waals surface area contributed by atoms with Crippen LogP contribution in [0.25, 0.3) is 10.2 Å². The minimum Gasteiger partial charge on any atom is -0.490 e. The summed E-state index contributed by atoms with van der Waals surface area (Å²) in [6.45, 7) is 4.74. The van der Waals surface area contributed by atoms with E-state index in [2.05, 4.69) is 10.9 Å². The van der Waals surface area contributed by atoms with Crippen LogP contribution in [0.5, 0.6) is 11.5 Å². The van der Waals surface area contributed by atoms with Crippen molar-refractivity contribution in [1.29, 1.82) is 0 Å². The number of sulfonamides is 1. The van der Waals surface area contributed by atoms with E-state index < -0.39 is 15.9 Å². The minimum atomic E-state index is -3.86. The van der Waals surface area contributed by atoms with Crippen LogP contribution in [0.1, 0.15) is 24.2 Å². The highest BCUT2D eigenvalue weighted by atomic mass is 32.2. The van der Waals surface area contributed by atoms with Gasteiger partial charge < -0.3 is 14.0 Å². The molecule has 1 aromatic heterocycles. The average Bonchev–Trinajstić information content (AvgIpc) is 3.05. The maximum Gasteiger partial charge on any atom is 0.279 e. The predicted octanol–water partition coefficient (Wildman–Crippen LogP) is 2.52. The monoisotopic (exact) mass is 459 g/mol. The van der Waals surface area contributed by atoms with Crippen LogP contribution in [0.3, 0.4) is 0 Å². The van der Waals surface area contributed by atoms with Crippen molar-refractivity contribution in [2.45, 2.75) is 25.3 Å². The van der Waals surface area contributed by atoms with Gasteiger partial charge in [0.2, 0.25) is 10.0 Å². The molecule has 3 rings (SSSR count). The highest BCUT2D eigenvalue weighted by molar-refractivity contribution is 7.89. The fourth-order valence-corrected chi connectivity index (χ4v) is 4.58. The molecule has 0 spiro atoms. The number of benzene rings is 2. The van der Waals surface area contributed by atoms with E-state index in [-0.39, 0.29) is 11.4 Å². The lowest BCUT2D eigenvalue weighted by molar-refractivity contribution is 0.0997. The Morgan fingerprint density at radius 3 is 2.52 bits per heavy atom. The van der Waals surface area contributed by atoms with Gasteiger partial charge in [-0.05, 0) is 50.2 Å². The van der Waals surface area contributed by atoms with Crippen molar-refractivity contribution < 1.29 is 22.7 Å². The number of hydrogen-bond acceptors (Lipinski definition) is 6. The number of fused-ring (bicyclic) bond motifs is 1. The molecule has 0 saturated heterocycles. The Labute approximate surface area is 184 Å². The summed E-state index contributed by atoms with van der Waals surface area (Å²) in [6, 6.07) is 9.28. The first kappa shape index (κ1) is 22.6. The maximum atomic E-state index is 12.9. The van der Waals surface area contributed by atoms with Gasteiger partial charge in [0.05, 0.1) is 34.9 Å². The number of amides is 1. The molecule has 2 aromatic carbocycles. The molecule has 0 aliphatic heterocycles. The van der Waals surface area contributed by atoms with Gasteiger partial charge in [-0.3, -0.25) is 4.79 Å². The topological polar surface area (TPSA) is 113 Å². The molecule has 2 N–H and O–H groups in total. The number of ether oxygens (including phenoxy) is 2. The molecule has 8 nitrogen and oxygen atoms in total. The van der Waals surface area contributed by atoms with Gasteiger partial charge in [0.15, 0.2) is 16.3 Å². The number of aromatic nitrogens is 1. The molecule has 0 atom stereocenters. The molecule has 10 heteroatoms. The third kappa shape index (κ3) is 4.96. The Morgan fingerprint density at radius 1 is 1.16 bits per heavy atom. The van der Waals surface area contributed by atoms with E-state index >= 15 is 0 Å². The Balaban J connectivity index is 2.10. The second-order valence-corrected chi connectivity index (χ2v) is 8.86. The van der Waals surface area contributed by atoms with Gasteiger partial charge >= 0.3 is 0 Å². The highest BCUT2D eigenvalue weighted by Crippen LogP contribution is 2.29. The summed E-state index contributed by atoms with van der Waals surface area (Å²) in [6.07, 6.45) is 5.48. The average molecular weight is 460 g/mol. The summed E-state index contributed by atoms with van der Waals surface area (Å²) in [5.74, 6) is 3.03. The van der Waals surface area contributed by atoms with Crippen molar-refractivity contribution in [1.82, 2.24) is 4.57 Å². The van der Waals surface area contributed by atoms with Crippen LogP contribution in [0.2, 0.25) is 0 Å². The summed E-state index contributed by atoms with van der Waals surface area (Å²) in [7, 11) is -3.86. The molecule has 162 valence electrons. The number of carbonyl (C=O) groups excluding carboxylic acids is 1. The van der Waals surface area contributed by atoms with Crippen LogP contribution >= 0.6 is 11.3 Å². The third-order valence-corrected chi connectivity index (χ3v) is 6.17. The maximum absolute atomic E-state index is 12.9. The van der Waals surface area contributed by atoms with Gasteiger partial charge in [-0.1, -0.05) is 17.3 Å². The first-order valence-electron chi connectivity index (χ1n) is 9.36. The number of primary sulfonamides is 1. The molecular formula is C21H21N3O5S2. The van der Waals surface area contributed by atoms with E-state index in [0.717, 1.165) is 11.3 Å². The molecule has 0 fully saturated rings. The van der Waals surface area contributed by atoms with Crippen molar-refractivity contribution in [2.24, 2.45) is 10.1 Å². The van der Waals surface area contributed by atoms with Gasteiger partial charge in [0, 0.05) is 5.56 Å². The van der Waals surface area contributed by atoms with Crippen LogP contribution in [0.4, 0.5) is 0 Å². The lowest BCUT2D eigenvalue weighted by atomic mass is 10.2. The molecule has 1 heterocycles. The summed E-state index contributed by atoms with van der Waals surface area (Å²) in [5, 5.41) is 5.22. The molecule has 0 aliphatic carbocycles. The van der Waals surface area contributed by atoms with E-state index in [1.54, 1.807) is 28.8 Å². The minimum absolute atomic E-state index is 0.0279. The van der Waals surface area contributed by atoms with Crippen molar-refractivity contribution in [3.63, 3.8) is 0 Å². The Hall–Kier alpha value is -3.13. The number of carbonyl (C=O) groups is 1. The van der Waals surface area contributed by atoms with E-state index in [9.17, 15) is 13.2 Å². The zero-order valence-electron chi connectivity index (χ0n) is 17.0. The zero-order chi connectivity index (χ0) is 22.6. The smallest absolute Gasteiger partial charge is 0.279 e. The van der Waals surface area contributed by atoms with Crippen molar-refractivity contribution >= 4 is 37.5 Å². The molecule has 0 saturated carbocycles. The molecule has 31 heavy (non-hydrogen) atoms. The molecule has 0 bridgehead atoms. The first-order valence-corrected chi connectivity index (χ1v) is 11.7. The lowest BCUT2D eigenvalue weighted by Crippen LogP contribution is -2.16. The van der Waals surface area contributed by atoms with Gasteiger partial charge in [-0.25, -0.2) is 13.6 Å². The number of nitrogens with zero attached hydrogens (tertiary/aromatic N) is 2. The van der Waals surface area contributed by atoms with Crippen LogP contribution in [-0.2, 0) is 16.6 Å². The number of rotatable bonds is 7. The molecule has 1 amide bonds. The Morgan fingerprint density at radius 2 is 1.87 bits per heavy atom. The summed E-state index contributed by atoms with van der Waals surface area (Å²) in [5.41, 5.74) is 0.977. The molecule has 0 unspecified atom stereocenters. The first-order chi connectivity index (χ1) is 14.8. The van der Waals surface area contributed by atoms with E-state index in [4.69, 9.17) is 21.0 Å². The summed E-state index contributed by atoms with van der Waals surface area (Å²) in [4.78, 5) is 17.4. The van der Waals surface area contributed by atoms with Crippen molar-refractivity contribution in [2.75, 3.05) is 13.2 Å². The van der Waals surface area contributed by atoms with Crippen molar-refractivity contribution in [3.8, 4) is 23.8 Å². The standard InChI is InChI=1S/C21H21N3O5S2/c1-4-11-24-16-9-8-15(31(22,26)27)13-19(16)30-21(24)23-20(25)14-7-10-17(28-5-2)18(12-14)29-6-3/h1,7-10,12-13H,5-6,11H2,2-3H3,(H2,22,26,27). The van der Waals surface area contributed by atoms with E-state index in [0.29, 0.717) is 45.3 Å². The van der Waals surface area contributed by atoms with Crippen LogP contribution in [0.15, 0.2) is 46.3 Å². The second-order valence-electron chi connectivity index (χ2n) is 6.29. The van der Waals surface area contributed by atoms with E-state index in [1.807, 2.05) is 13.8 Å². The van der Waals surface area contributed by atoms with Crippen molar-refractivity contribution in [3.05, 3.63) is 46.8 Å². The second kappa shape index (κ2) is 9.34. The SMILES string of the molecule is C#CCn1c(=NC(=O)c2ccc(OCC)c(OCC)c2)sc2cc(S(N)(=O)=O)ccc21. The fraction of sp³-hybridized carbons (Fsp3) is 0.238. The van der Waals surface area contributed by atoms with Gasteiger partial charge in [0.25, 0.3) is 5.91 Å².